The molecule has 0 amide bonds. The number of hydrogen-bond acceptors (Lipinski definition) is 1. The van der Waals surface area contributed by atoms with Crippen molar-refractivity contribution in [3.05, 3.63) is 59.2 Å². The first kappa shape index (κ1) is 14.3. The average Bonchev–Trinajstić information content (AvgIpc) is 2.44. The zero-order valence-corrected chi connectivity index (χ0v) is 13.2. The first-order chi connectivity index (χ1) is 10.3. The fraction of sp³-hybridized carbons (Fsp3) is 0.400. The van der Waals surface area contributed by atoms with E-state index in [1.807, 2.05) is 0 Å². The van der Waals surface area contributed by atoms with E-state index in [1.54, 1.807) is 0 Å². The molecule has 2 aromatic rings. The molecule has 1 saturated carbocycles. The Labute approximate surface area is 128 Å². The molecule has 0 aromatic heterocycles. The minimum Gasteiger partial charge on any atom is -0.313 e. The van der Waals surface area contributed by atoms with Gasteiger partial charge in [0.2, 0.25) is 0 Å². The van der Waals surface area contributed by atoms with Crippen molar-refractivity contribution in [2.24, 2.45) is 0 Å². The molecule has 0 bridgehead atoms. The highest BCUT2D eigenvalue weighted by molar-refractivity contribution is 5.68. The van der Waals surface area contributed by atoms with Crippen molar-refractivity contribution in [1.29, 1.82) is 0 Å². The number of hydrogen-bond donors (Lipinski definition) is 1. The third-order valence-electron chi connectivity index (χ3n) is 4.67. The summed E-state index contributed by atoms with van der Waals surface area (Å²) in [6.45, 7) is 6.33. The summed E-state index contributed by atoms with van der Waals surface area (Å²) in [6.07, 6.45) is 4.15. The molecule has 1 heteroatoms. The minimum absolute atomic E-state index is 0.822. The van der Waals surface area contributed by atoms with Gasteiger partial charge in [-0.3, -0.25) is 0 Å². The van der Waals surface area contributed by atoms with Gasteiger partial charge < -0.3 is 5.32 Å². The Morgan fingerprint density at radius 1 is 1.05 bits per heavy atom. The summed E-state index contributed by atoms with van der Waals surface area (Å²) in [7, 11) is 0. The van der Waals surface area contributed by atoms with Gasteiger partial charge in [0, 0.05) is 6.54 Å². The highest BCUT2D eigenvalue weighted by Gasteiger charge is 2.19. The van der Waals surface area contributed by atoms with Crippen molar-refractivity contribution in [3.8, 4) is 11.1 Å². The molecular weight excluding hydrogens is 254 g/mol. The van der Waals surface area contributed by atoms with Gasteiger partial charge in [0.15, 0.2) is 0 Å². The third-order valence-corrected chi connectivity index (χ3v) is 4.67. The van der Waals surface area contributed by atoms with Gasteiger partial charge in [0.05, 0.1) is 0 Å². The maximum atomic E-state index is 3.38. The van der Waals surface area contributed by atoms with E-state index in [0.29, 0.717) is 0 Å². The van der Waals surface area contributed by atoms with Crippen LogP contribution in [0.2, 0.25) is 0 Å². The average molecular weight is 279 g/mol. The topological polar surface area (TPSA) is 12.0 Å². The second kappa shape index (κ2) is 6.44. The number of nitrogens with one attached hydrogen (secondary N) is 1. The number of aryl methyl sites for hydroxylation is 1. The van der Waals surface area contributed by atoms with Crippen molar-refractivity contribution in [2.75, 3.05) is 6.54 Å². The number of rotatable bonds is 5. The van der Waals surface area contributed by atoms with Crippen LogP contribution < -0.4 is 5.32 Å². The van der Waals surface area contributed by atoms with E-state index >= 15 is 0 Å². The molecule has 0 radical (unpaired) electrons. The van der Waals surface area contributed by atoms with E-state index in [4.69, 9.17) is 0 Å². The van der Waals surface area contributed by atoms with Crippen molar-refractivity contribution in [1.82, 2.24) is 5.32 Å². The highest BCUT2D eigenvalue weighted by atomic mass is 14.8. The zero-order chi connectivity index (χ0) is 14.7. The molecule has 1 fully saturated rings. The van der Waals surface area contributed by atoms with E-state index in [0.717, 1.165) is 19.0 Å². The normalized spacial score (nSPS) is 15.0. The number of benzene rings is 2. The van der Waals surface area contributed by atoms with Gasteiger partial charge in [-0.15, -0.1) is 0 Å². The van der Waals surface area contributed by atoms with Crippen LogP contribution in [-0.2, 0) is 6.54 Å². The summed E-state index contributed by atoms with van der Waals surface area (Å²) in [5, 5.41) is 3.38. The highest BCUT2D eigenvalue weighted by Crippen LogP contribution is 2.37. The predicted octanol–water partition coefficient (Wildman–Crippen LogP) is 5.04. The molecule has 1 aliphatic rings. The summed E-state index contributed by atoms with van der Waals surface area (Å²) >= 11 is 0. The van der Waals surface area contributed by atoms with Gasteiger partial charge in [-0.2, -0.15) is 0 Å². The molecular formula is C20H25N. The van der Waals surface area contributed by atoms with Crippen LogP contribution in [0.3, 0.4) is 0 Å². The molecule has 0 spiro atoms. The molecule has 3 rings (SSSR count). The first-order valence-electron chi connectivity index (χ1n) is 8.18. The predicted molar refractivity (Wildman–Crippen MR) is 90.6 cm³/mol. The Morgan fingerprint density at radius 3 is 2.38 bits per heavy atom. The lowest BCUT2D eigenvalue weighted by molar-refractivity contribution is 0.420. The minimum atomic E-state index is 0.822. The van der Waals surface area contributed by atoms with Crippen molar-refractivity contribution >= 4 is 0 Å². The molecule has 2 aromatic carbocycles. The maximum absolute atomic E-state index is 3.38. The van der Waals surface area contributed by atoms with Gasteiger partial charge in [0.25, 0.3) is 0 Å². The lowest BCUT2D eigenvalue weighted by Gasteiger charge is -2.25. The Kier molecular flexibility index (Phi) is 4.40. The van der Waals surface area contributed by atoms with Crippen LogP contribution in [0.5, 0.6) is 0 Å². The second-order valence-corrected chi connectivity index (χ2v) is 6.18. The molecule has 0 heterocycles. The van der Waals surface area contributed by atoms with Crippen LogP contribution in [0, 0.1) is 6.92 Å². The van der Waals surface area contributed by atoms with Crippen molar-refractivity contribution in [3.63, 3.8) is 0 Å². The van der Waals surface area contributed by atoms with E-state index in [9.17, 15) is 0 Å². The Hall–Kier alpha value is -1.60. The summed E-state index contributed by atoms with van der Waals surface area (Å²) < 4.78 is 0. The Morgan fingerprint density at radius 2 is 1.81 bits per heavy atom. The van der Waals surface area contributed by atoms with Crippen LogP contribution in [0.15, 0.2) is 42.5 Å². The van der Waals surface area contributed by atoms with Gasteiger partial charge in [-0.25, -0.2) is 0 Å². The second-order valence-electron chi connectivity index (χ2n) is 6.18. The molecule has 1 aliphatic carbocycles. The van der Waals surface area contributed by atoms with Gasteiger partial charge >= 0.3 is 0 Å². The molecule has 1 nitrogen and oxygen atoms in total. The van der Waals surface area contributed by atoms with Crippen molar-refractivity contribution < 1.29 is 0 Å². The summed E-state index contributed by atoms with van der Waals surface area (Å²) in [6, 6.07) is 16.0. The molecule has 0 unspecified atom stereocenters. The Bertz CT molecular complexity index is 594. The van der Waals surface area contributed by atoms with Gasteiger partial charge in [0.1, 0.15) is 0 Å². The fourth-order valence-electron chi connectivity index (χ4n) is 3.11. The fourth-order valence-corrected chi connectivity index (χ4v) is 3.11. The molecule has 110 valence electrons. The van der Waals surface area contributed by atoms with Crippen LogP contribution in [0.1, 0.15) is 48.8 Å². The quantitative estimate of drug-likeness (QED) is 0.808. The van der Waals surface area contributed by atoms with E-state index in [1.165, 1.54) is 47.1 Å². The van der Waals surface area contributed by atoms with Gasteiger partial charge in [-0.05, 0) is 60.0 Å². The van der Waals surface area contributed by atoms with E-state index in [2.05, 4.69) is 61.6 Å². The summed E-state index contributed by atoms with van der Waals surface area (Å²) in [4.78, 5) is 0. The maximum Gasteiger partial charge on any atom is 0.0205 e. The monoisotopic (exact) mass is 279 g/mol. The zero-order valence-electron chi connectivity index (χ0n) is 13.2. The van der Waals surface area contributed by atoms with Gasteiger partial charge in [-0.1, -0.05) is 55.8 Å². The lowest BCUT2D eigenvalue weighted by Crippen LogP contribution is -2.11. The Balaban J connectivity index is 1.79. The van der Waals surface area contributed by atoms with Crippen molar-refractivity contribution in [2.45, 2.75) is 45.6 Å². The van der Waals surface area contributed by atoms with Crippen LogP contribution in [-0.4, -0.2) is 6.54 Å². The third kappa shape index (κ3) is 3.19. The molecule has 0 aliphatic heterocycles. The summed E-state index contributed by atoms with van der Waals surface area (Å²) in [5.41, 5.74) is 6.94. The molecule has 0 saturated heterocycles. The van der Waals surface area contributed by atoms with E-state index in [-0.39, 0.29) is 0 Å². The molecule has 0 atom stereocenters. The molecule has 1 N–H and O–H groups in total. The van der Waals surface area contributed by atoms with E-state index < -0.39 is 0 Å². The SMILES string of the molecule is CCNCc1ccc(-c2ccc(C3CCC3)cc2)c(C)c1. The van der Waals surface area contributed by atoms with Crippen LogP contribution in [0.25, 0.3) is 11.1 Å². The smallest absolute Gasteiger partial charge is 0.0205 e. The standard InChI is InChI=1S/C20H25N/c1-3-21-14-16-7-12-20(15(2)13-16)19-10-8-18(9-11-19)17-5-4-6-17/h7-13,17,21H,3-6,14H2,1-2H3. The van der Waals surface area contributed by atoms with Crippen LogP contribution in [0.4, 0.5) is 0 Å². The summed E-state index contributed by atoms with van der Waals surface area (Å²) in [5.74, 6) is 0.822. The van der Waals surface area contributed by atoms with Crippen LogP contribution >= 0.6 is 0 Å². The first-order valence-corrected chi connectivity index (χ1v) is 8.18. The lowest BCUT2D eigenvalue weighted by atomic mass is 9.80. The largest absolute Gasteiger partial charge is 0.313 e. The molecule has 21 heavy (non-hydrogen) atoms.